The van der Waals surface area contributed by atoms with E-state index in [9.17, 15) is 0 Å². The van der Waals surface area contributed by atoms with E-state index in [1.54, 1.807) is 0 Å². The molecule has 2 saturated carbocycles. The summed E-state index contributed by atoms with van der Waals surface area (Å²) in [6.45, 7) is 11.1. The van der Waals surface area contributed by atoms with E-state index >= 15 is 0 Å². The summed E-state index contributed by atoms with van der Waals surface area (Å²) in [6.07, 6.45) is 9.34. The standard InChI is InChI=1S/C17H33NO/c1-14-6-5-10-17(12-14,13-18-16(2,3)4)19-11-9-15-7-8-15/h14-15,18H,5-13H2,1-4H3. The van der Waals surface area contributed by atoms with Crippen LogP contribution >= 0.6 is 0 Å². The molecular weight excluding hydrogens is 234 g/mol. The number of nitrogens with one attached hydrogen (secondary N) is 1. The molecule has 0 aromatic carbocycles. The Hall–Kier alpha value is -0.0800. The zero-order valence-electron chi connectivity index (χ0n) is 13.4. The Labute approximate surface area is 119 Å². The van der Waals surface area contributed by atoms with Crippen molar-refractivity contribution in [2.24, 2.45) is 11.8 Å². The highest BCUT2D eigenvalue weighted by molar-refractivity contribution is 4.91. The lowest BCUT2D eigenvalue weighted by Crippen LogP contribution is -2.51. The Morgan fingerprint density at radius 3 is 2.53 bits per heavy atom. The third-order valence-electron chi connectivity index (χ3n) is 4.62. The molecule has 0 aromatic rings. The second-order valence-electron chi connectivity index (χ2n) is 8.07. The number of hydrogen-bond donors (Lipinski definition) is 1. The topological polar surface area (TPSA) is 21.3 Å². The largest absolute Gasteiger partial charge is 0.374 e. The SMILES string of the molecule is CC1CCCC(CNC(C)(C)C)(OCCC2CC2)C1. The summed E-state index contributed by atoms with van der Waals surface area (Å²) in [5.74, 6) is 1.80. The monoisotopic (exact) mass is 267 g/mol. The molecule has 2 aliphatic rings. The zero-order chi connectivity index (χ0) is 13.9. The molecule has 2 aliphatic carbocycles. The molecule has 2 rings (SSSR count). The van der Waals surface area contributed by atoms with Gasteiger partial charge >= 0.3 is 0 Å². The lowest BCUT2D eigenvalue weighted by molar-refractivity contribution is -0.0837. The van der Waals surface area contributed by atoms with Gasteiger partial charge in [-0.3, -0.25) is 0 Å². The van der Waals surface area contributed by atoms with Gasteiger partial charge in [0.25, 0.3) is 0 Å². The summed E-state index contributed by atoms with van der Waals surface area (Å²) < 4.78 is 6.42. The molecule has 2 unspecified atom stereocenters. The van der Waals surface area contributed by atoms with E-state index in [1.807, 2.05) is 0 Å². The van der Waals surface area contributed by atoms with Crippen molar-refractivity contribution in [3.05, 3.63) is 0 Å². The van der Waals surface area contributed by atoms with E-state index in [2.05, 4.69) is 33.0 Å². The van der Waals surface area contributed by atoms with Crippen LogP contribution in [0.5, 0.6) is 0 Å². The van der Waals surface area contributed by atoms with Crippen LogP contribution in [0.1, 0.15) is 72.6 Å². The summed E-state index contributed by atoms with van der Waals surface area (Å²) >= 11 is 0. The Morgan fingerprint density at radius 1 is 1.21 bits per heavy atom. The highest BCUT2D eigenvalue weighted by Crippen LogP contribution is 2.37. The molecule has 2 fully saturated rings. The van der Waals surface area contributed by atoms with Crippen molar-refractivity contribution >= 4 is 0 Å². The molecule has 0 aromatic heterocycles. The van der Waals surface area contributed by atoms with Crippen LogP contribution in [-0.4, -0.2) is 24.3 Å². The normalized spacial score (nSPS) is 32.5. The van der Waals surface area contributed by atoms with Gasteiger partial charge in [0.15, 0.2) is 0 Å². The molecule has 0 saturated heterocycles. The van der Waals surface area contributed by atoms with Crippen LogP contribution < -0.4 is 5.32 Å². The molecule has 19 heavy (non-hydrogen) atoms. The van der Waals surface area contributed by atoms with Crippen LogP contribution in [0.3, 0.4) is 0 Å². The molecule has 0 radical (unpaired) electrons. The maximum Gasteiger partial charge on any atom is 0.0809 e. The molecule has 0 spiro atoms. The highest BCUT2D eigenvalue weighted by atomic mass is 16.5. The third kappa shape index (κ3) is 5.43. The van der Waals surface area contributed by atoms with Crippen molar-refractivity contribution in [1.82, 2.24) is 5.32 Å². The zero-order valence-corrected chi connectivity index (χ0v) is 13.4. The first-order valence-corrected chi connectivity index (χ1v) is 8.28. The van der Waals surface area contributed by atoms with Crippen molar-refractivity contribution in [1.29, 1.82) is 0 Å². The molecule has 2 nitrogen and oxygen atoms in total. The van der Waals surface area contributed by atoms with Crippen LogP contribution in [0, 0.1) is 11.8 Å². The third-order valence-corrected chi connectivity index (χ3v) is 4.62. The van der Waals surface area contributed by atoms with Gasteiger partial charge in [0.05, 0.1) is 5.60 Å². The summed E-state index contributed by atoms with van der Waals surface area (Å²) in [6, 6.07) is 0. The van der Waals surface area contributed by atoms with Crippen LogP contribution in [0.2, 0.25) is 0 Å². The Morgan fingerprint density at radius 2 is 1.95 bits per heavy atom. The molecule has 0 amide bonds. The minimum Gasteiger partial charge on any atom is -0.374 e. The fourth-order valence-corrected chi connectivity index (χ4v) is 3.23. The average molecular weight is 267 g/mol. The predicted molar refractivity (Wildman–Crippen MR) is 81.4 cm³/mol. The molecule has 0 heterocycles. The van der Waals surface area contributed by atoms with E-state index in [0.717, 1.165) is 25.0 Å². The first kappa shape index (κ1) is 15.3. The van der Waals surface area contributed by atoms with Gasteiger partial charge in [-0.05, 0) is 51.9 Å². The van der Waals surface area contributed by atoms with E-state index in [4.69, 9.17) is 4.74 Å². The van der Waals surface area contributed by atoms with E-state index in [-0.39, 0.29) is 11.1 Å². The molecule has 112 valence electrons. The average Bonchev–Trinajstić information content (AvgIpc) is 3.10. The van der Waals surface area contributed by atoms with Gasteiger partial charge in [-0.15, -0.1) is 0 Å². The summed E-state index contributed by atoms with van der Waals surface area (Å²) in [5, 5.41) is 3.68. The van der Waals surface area contributed by atoms with Crippen LogP contribution in [0.25, 0.3) is 0 Å². The van der Waals surface area contributed by atoms with Crippen LogP contribution in [0.15, 0.2) is 0 Å². The molecule has 1 N–H and O–H groups in total. The van der Waals surface area contributed by atoms with Crippen molar-refractivity contribution in [3.8, 4) is 0 Å². The Balaban J connectivity index is 1.86. The van der Waals surface area contributed by atoms with E-state index in [1.165, 1.54) is 44.9 Å². The van der Waals surface area contributed by atoms with E-state index in [0.29, 0.717) is 0 Å². The maximum absolute atomic E-state index is 6.42. The first-order chi connectivity index (χ1) is 8.89. The van der Waals surface area contributed by atoms with Gasteiger partial charge in [0.2, 0.25) is 0 Å². The molecule has 0 bridgehead atoms. The number of rotatable bonds is 6. The van der Waals surface area contributed by atoms with Crippen molar-refractivity contribution in [3.63, 3.8) is 0 Å². The van der Waals surface area contributed by atoms with Crippen LogP contribution in [0.4, 0.5) is 0 Å². The molecular formula is C17H33NO. The Kier molecular flexibility index (Phi) is 4.94. The molecule has 0 aliphatic heterocycles. The highest BCUT2D eigenvalue weighted by Gasteiger charge is 2.37. The first-order valence-electron chi connectivity index (χ1n) is 8.28. The molecule has 2 heteroatoms. The smallest absolute Gasteiger partial charge is 0.0809 e. The maximum atomic E-state index is 6.42. The van der Waals surface area contributed by atoms with E-state index < -0.39 is 0 Å². The quantitative estimate of drug-likeness (QED) is 0.781. The van der Waals surface area contributed by atoms with Gasteiger partial charge in [-0.2, -0.15) is 0 Å². The lowest BCUT2D eigenvalue weighted by atomic mass is 9.78. The minimum atomic E-state index is 0.111. The summed E-state index contributed by atoms with van der Waals surface area (Å²) in [7, 11) is 0. The van der Waals surface area contributed by atoms with Gasteiger partial charge in [-0.1, -0.05) is 32.6 Å². The van der Waals surface area contributed by atoms with Gasteiger partial charge in [0.1, 0.15) is 0 Å². The fraction of sp³-hybridized carbons (Fsp3) is 1.00. The van der Waals surface area contributed by atoms with Gasteiger partial charge in [-0.25, -0.2) is 0 Å². The number of hydrogen-bond acceptors (Lipinski definition) is 2. The van der Waals surface area contributed by atoms with Crippen molar-refractivity contribution in [2.75, 3.05) is 13.2 Å². The van der Waals surface area contributed by atoms with Gasteiger partial charge < -0.3 is 10.1 Å². The fourth-order valence-electron chi connectivity index (χ4n) is 3.23. The van der Waals surface area contributed by atoms with Gasteiger partial charge in [0, 0.05) is 18.7 Å². The van der Waals surface area contributed by atoms with Crippen LogP contribution in [-0.2, 0) is 4.74 Å². The van der Waals surface area contributed by atoms with Crippen molar-refractivity contribution < 1.29 is 4.74 Å². The number of ether oxygens (including phenoxy) is 1. The second kappa shape index (κ2) is 6.13. The summed E-state index contributed by atoms with van der Waals surface area (Å²) in [4.78, 5) is 0. The minimum absolute atomic E-state index is 0.111. The van der Waals surface area contributed by atoms with Crippen molar-refractivity contribution in [2.45, 2.75) is 83.8 Å². The predicted octanol–water partition coefficient (Wildman–Crippen LogP) is 4.14. The lowest BCUT2D eigenvalue weighted by Gasteiger charge is -2.42. The second-order valence-corrected chi connectivity index (χ2v) is 8.07. The Bertz CT molecular complexity index is 279. The molecule has 2 atom stereocenters. The summed E-state index contributed by atoms with van der Waals surface area (Å²) in [5.41, 5.74) is 0.299.